The number of likely N-dealkylation sites (tertiary alicyclic amines) is 1. The third-order valence-electron chi connectivity index (χ3n) is 5.25. The number of nitrogens with zero attached hydrogens (tertiary/aromatic N) is 3. The van der Waals surface area contributed by atoms with E-state index in [4.69, 9.17) is 4.74 Å². The molecule has 1 atom stereocenters. The molecule has 0 radical (unpaired) electrons. The highest BCUT2D eigenvalue weighted by Crippen LogP contribution is 2.32. The van der Waals surface area contributed by atoms with Gasteiger partial charge in [0.1, 0.15) is 5.75 Å². The quantitative estimate of drug-likeness (QED) is 0.735. The van der Waals surface area contributed by atoms with Crippen LogP contribution < -0.4 is 9.64 Å². The van der Waals surface area contributed by atoms with Crippen molar-refractivity contribution in [3.8, 4) is 5.75 Å². The number of piperazine rings is 1. The Morgan fingerprint density at radius 2 is 1.93 bits per heavy atom. The van der Waals surface area contributed by atoms with Gasteiger partial charge in [0.25, 0.3) is 5.92 Å². The fraction of sp³-hybridized carbons (Fsp3) is 0.500. The van der Waals surface area contributed by atoms with Gasteiger partial charge in [0.15, 0.2) is 0 Å². The third-order valence-corrected chi connectivity index (χ3v) is 5.25. The van der Waals surface area contributed by atoms with E-state index in [-0.39, 0.29) is 12.5 Å². The zero-order valence-corrected chi connectivity index (χ0v) is 15.9. The lowest BCUT2D eigenvalue weighted by atomic mass is 9.93. The van der Waals surface area contributed by atoms with Crippen molar-refractivity contribution in [2.75, 3.05) is 51.3 Å². The van der Waals surface area contributed by atoms with Crippen LogP contribution in [0, 0.1) is 5.92 Å². The van der Waals surface area contributed by atoms with Crippen molar-refractivity contribution in [2.24, 2.45) is 5.92 Å². The van der Waals surface area contributed by atoms with Crippen molar-refractivity contribution in [1.82, 2.24) is 9.80 Å². The Balaban J connectivity index is 1.62. The second kappa shape index (κ2) is 8.16. The number of halogens is 2. The Hall–Kier alpha value is -2.64. The number of rotatable bonds is 4. The van der Waals surface area contributed by atoms with Gasteiger partial charge in [-0.2, -0.15) is 0 Å². The number of piperidine rings is 1. The Labute approximate surface area is 163 Å². The van der Waals surface area contributed by atoms with Crippen LogP contribution in [-0.4, -0.2) is 73.9 Å². The molecule has 2 amide bonds. The maximum absolute atomic E-state index is 14.1. The number of hydrogen-bond acceptors (Lipinski definition) is 4. The molecule has 8 heteroatoms. The lowest BCUT2D eigenvalue weighted by molar-refractivity contribution is -0.153. The van der Waals surface area contributed by atoms with E-state index in [1.165, 1.54) is 0 Å². The van der Waals surface area contributed by atoms with E-state index in [1.54, 1.807) is 12.0 Å². The smallest absolute Gasteiger partial charge is 0.266 e. The minimum atomic E-state index is -3.07. The maximum atomic E-state index is 14.1. The monoisotopic (exact) mass is 393 g/mol. The fourth-order valence-corrected chi connectivity index (χ4v) is 3.81. The molecular weight excluding hydrogens is 368 g/mol. The molecule has 3 rings (SSSR count). The number of anilines is 1. The number of hydrogen-bond donors (Lipinski definition) is 0. The summed E-state index contributed by atoms with van der Waals surface area (Å²) in [6.45, 7) is 4.82. The SMILES string of the molecule is C=CC(=O)N1CC(C(=O)N2CCN(c3cccc(OC)c3)CC2)CC(F)(F)C1. The van der Waals surface area contributed by atoms with Gasteiger partial charge in [-0.25, -0.2) is 8.78 Å². The average molecular weight is 393 g/mol. The number of amides is 2. The molecule has 0 N–H and O–H groups in total. The molecule has 1 aromatic rings. The van der Waals surface area contributed by atoms with Crippen molar-refractivity contribution in [1.29, 1.82) is 0 Å². The molecule has 6 nitrogen and oxygen atoms in total. The summed E-state index contributed by atoms with van der Waals surface area (Å²) in [6, 6.07) is 7.67. The summed E-state index contributed by atoms with van der Waals surface area (Å²) in [6.07, 6.45) is 0.485. The van der Waals surface area contributed by atoms with Crippen molar-refractivity contribution in [3.63, 3.8) is 0 Å². The van der Waals surface area contributed by atoms with Crippen LogP contribution in [0.4, 0.5) is 14.5 Å². The zero-order valence-electron chi connectivity index (χ0n) is 15.9. The second-order valence-corrected chi connectivity index (χ2v) is 7.19. The normalized spacial score (nSPS) is 22.0. The van der Waals surface area contributed by atoms with Crippen molar-refractivity contribution >= 4 is 17.5 Å². The molecule has 0 bridgehead atoms. The van der Waals surface area contributed by atoms with Crippen LogP contribution in [0.1, 0.15) is 6.42 Å². The molecule has 2 aliphatic heterocycles. The highest BCUT2D eigenvalue weighted by Gasteiger charge is 2.45. The van der Waals surface area contributed by atoms with Crippen LogP contribution in [0.2, 0.25) is 0 Å². The van der Waals surface area contributed by atoms with E-state index >= 15 is 0 Å². The van der Waals surface area contributed by atoms with Gasteiger partial charge in [-0.15, -0.1) is 0 Å². The van der Waals surface area contributed by atoms with Gasteiger partial charge in [0.05, 0.1) is 19.6 Å². The first-order valence-electron chi connectivity index (χ1n) is 9.30. The Morgan fingerprint density at radius 1 is 1.21 bits per heavy atom. The molecule has 2 fully saturated rings. The Kier molecular flexibility index (Phi) is 5.86. The summed E-state index contributed by atoms with van der Waals surface area (Å²) >= 11 is 0. The number of ether oxygens (including phenoxy) is 1. The van der Waals surface area contributed by atoms with Crippen molar-refractivity contribution < 1.29 is 23.1 Å². The lowest BCUT2D eigenvalue weighted by Gasteiger charge is -2.41. The molecule has 0 saturated carbocycles. The summed E-state index contributed by atoms with van der Waals surface area (Å²) in [5.41, 5.74) is 0.999. The average Bonchev–Trinajstić information content (AvgIpc) is 2.71. The molecule has 152 valence electrons. The van der Waals surface area contributed by atoms with Gasteiger partial charge in [0, 0.05) is 50.9 Å². The first kappa shape index (κ1) is 20.1. The molecule has 1 unspecified atom stereocenters. The first-order valence-corrected chi connectivity index (χ1v) is 9.30. The molecule has 2 saturated heterocycles. The van der Waals surface area contributed by atoms with Crippen LogP contribution in [0.25, 0.3) is 0 Å². The maximum Gasteiger partial charge on any atom is 0.266 e. The van der Waals surface area contributed by atoms with Gasteiger partial charge in [-0.1, -0.05) is 12.6 Å². The van der Waals surface area contributed by atoms with Crippen LogP contribution in [0.5, 0.6) is 5.75 Å². The predicted octanol–water partition coefficient (Wildman–Crippen LogP) is 2.01. The van der Waals surface area contributed by atoms with E-state index in [0.29, 0.717) is 26.2 Å². The summed E-state index contributed by atoms with van der Waals surface area (Å²) in [7, 11) is 1.61. The molecule has 0 spiro atoms. The van der Waals surface area contributed by atoms with E-state index in [1.807, 2.05) is 24.3 Å². The second-order valence-electron chi connectivity index (χ2n) is 7.19. The van der Waals surface area contributed by atoms with E-state index in [2.05, 4.69) is 11.5 Å². The van der Waals surface area contributed by atoms with Crippen LogP contribution in [0.15, 0.2) is 36.9 Å². The van der Waals surface area contributed by atoms with Gasteiger partial charge < -0.3 is 19.4 Å². The molecule has 0 aliphatic carbocycles. The minimum Gasteiger partial charge on any atom is -0.497 e. The lowest BCUT2D eigenvalue weighted by Crippen LogP contribution is -2.56. The fourth-order valence-electron chi connectivity index (χ4n) is 3.81. The number of carbonyl (C=O) groups is 2. The molecule has 0 aromatic heterocycles. The van der Waals surface area contributed by atoms with Crippen LogP contribution >= 0.6 is 0 Å². The topological polar surface area (TPSA) is 53.1 Å². The zero-order chi connectivity index (χ0) is 20.3. The van der Waals surface area contributed by atoms with Gasteiger partial charge in [-0.3, -0.25) is 9.59 Å². The Morgan fingerprint density at radius 3 is 2.57 bits per heavy atom. The summed E-state index contributed by atoms with van der Waals surface area (Å²) in [4.78, 5) is 29.4. The van der Waals surface area contributed by atoms with Crippen molar-refractivity contribution in [2.45, 2.75) is 12.3 Å². The largest absolute Gasteiger partial charge is 0.497 e. The van der Waals surface area contributed by atoms with Gasteiger partial charge >= 0.3 is 0 Å². The third kappa shape index (κ3) is 4.43. The number of methoxy groups -OCH3 is 1. The number of benzene rings is 1. The van der Waals surface area contributed by atoms with Gasteiger partial charge in [0.2, 0.25) is 11.8 Å². The molecule has 2 heterocycles. The highest BCUT2D eigenvalue weighted by molar-refractivity contribution is 5.88. The van der Waals surface area contributed by atoms with Crippen LogP contribution in [-0.2, 0) is 9.59 Å². The standard InChI is InChI=1S/C20H25F2N3O3/c1-3-18(26)25-13-15(12-20(21,22)14-25)19(27)24-9-7-23(8-10-24)16-5-4-6-17(11-16)28-2/h3-6,11,15H,1,7-10,12-14H2,2H3. The molecule has 2 aliphatic rings. The highest BCUT2D eigenvalue weighted by atomic mass is 19.3. The van der Waals surface area contributed by atoms with Crippen LogP contribution in [0.3, 0.4) is 0 Å². The Bertz CT molecular complexity index is 748. The van der Waals surface area contributed by atoms with Gasteiger partial charge in [-0.05, 0) is 18.2 Å². The van der Waals surface area contributed by atoms with E-state index in [0.717, 1.165) is 22.4 Å². The number of carbonyl (C=O) groups excluding carboxylic acids is 2. The molecule has 28 heavy (non-hydrogen) atoms. The number of alkyl halides is 2. The summed E-state index contributed by atoms with van der Waals surface area (Å²) < 4.78 is 33.4. The summed E-state index contributed by atoms with van der Waals surface area (Å²) in [5, 5.41) is 0. The molecule has 1 aromatic carbocycles. The minimum absolute atomic E-state index is 0.00930. The molecular formula is C20H25F2N3O3. The van der Waals surface area contributed by atoms with E-state index in [9.17, 15) is 18.4 Å². The summed E-state index contributed by atoms with van der Waals surface area (Å²) in [5.74, 6) is -4.09. The predicted molar refractivity (Wildman–Crippen MR) is 102 cm³/mol. The van der Waals surface area contributed by atoms with E-state index < -0.39 is 30.7 Å². The first-order chi connectivity index (χ1) is 13.3. The van der Waals surface area contributed by atoms with Crippen molar-refractivity contribution in [3.05, 3.63) is 36.9 Å².